The van der Waals surface area contributed by atoms with Gasteiger partial charge < -0.3 is 5.11 Å². The van der Waals surface area contributed by atoms with Gasteiger partial charge in [0, 0.05) is 6.20 Å². The standard InChI is InChI=1S/C8H10ClNO/c1-8(2,11)6-3-4-10-7(9)5-6/h3-5,11H,1-2H3. The normalized spacial score (nSPS) is 11.6. The average Bonchev–Trinajstić information content (AvgIpc) is 1.86. The largest absolute Gasteiger partial charge is 0.386 e. The molecule has 0 aromatic carbocycles. The summed E-state index contributed by atoms with van der Waals surface area (Å²) in [7, 11) is 0. The zero-order chi connectivity index (χ0) is 8.48. The predicted molar refractivity (Wildman–Crippen MR) is 44.5 cm³/mol. The van der Waals surface area contributed by atoms with Gasteiger partial charge in [0.15, 0.2) is 0 Å². The van der Waals surface area contributed by atoms with Crippen molar-refractivity contribution in [3.8, 4) is 0 Å². The predicted octanol–water partition coefficient (Wildman–Crippen LogP) is 1.96. The first kappa shape index (κ1) is 8.50. The Kier molecular flexibility index (Phi) is 2.16. The van der Waals surface area contributed by atoms with Crippen molar-refractivity contribution in [1.29, 1.82) is 0 Å². The van der Waals surface area contributed by atoms with Gasteiger partial charge in [0.05, 0.1) is 5.60 Å². The molecule has 0 radical (unpaired) electrons. The summed E-state index contributed by atoms with van der Waals surface area (Å²) in [6.45, 7) is 3.41. The maximum absolute atomic E-state index is 9.53. The third-order valence-corrected chi connectivity index (χ3v) is 1.64. The smallest absolute Gasteiger partial charge is 0.129 e. The number of halogens is 1. The first-order valence-electron chi connectivity index (χ1n) is 3.34. The summed E-state index contributed by atoms with van der Waals surface area (Å²) < 4.78 is 0. The lowest BCUT2D eigenvalue weighted by molar-refractivity contribution is 0.0785. The average molecular weight is 172 g/mol. The van der Waals surface area contributed by atoms with E-state index in [4.69, 9.17) is 11.6 Å². The summed E-state index contributed by atoms with van der Waals surface area (Å²) >= 11 is 5.63. The lowest BCUT2D eigenvalue weighted by Gasteiger charge is -2.16. The van der Waals surface area contributed by atoms with Gasteiger partial charge in [-0.25, -0.2) is 4.98 Å². The Labute approximate surface area is 70.8 Å². The second-order valence-corrected chi connectivity index (χ2v) is 3.31. The van der Waals surface area contributed by atoms with E-state index in [-0.39, 0.29) is 0 Å². The van der Waals surface area contributed by atoms with Crippen LogP contribution in [0.4, 0.5) is 0 Å². The number of pyridine rings is 1. The maximum Gasteiger partial charge on any atom is 0.129 e. The Bertz CT molecular complexity index is 255. The molecule has 0 saturated heterocycles. The molecule has 2 nitrogen and oxygen atoms in total. The van der Waals surface area contributed by atoms with Crippen molar-refractivity contribution in [3.05, 3.63) is 29.0 Å². The van der Waals surface area contributed by atoms with E-state index >= 15 is 0 Å². The minimum Gasteiger partial charge on any atom is -0.386 e. The topological polar surface area (TPSA) is 33.1 Å². The van der Waals surface area contributed by atoms with Crippen LogP contribution in [0.5, 0.6) is 0 Å². The van der Waals surface area contributed by atoms with Gasteiger partial charge in [-0.05, 0) is 31.5 Å². The molecule has 1 N–H and O–H groups in total. The van der Waals surface area contributed by atoms with Crippen molar-refractivity contribution in [1.82, 2.24) is 4.98 Å². The molecule has 1 heterocycles. The number of hydrogen-bond acceptors (Lipinski definition) is 2. The fourth-order valence-electron chi connectivity index (χ4n) is 0.783. The molecule has 60 valence electrons. The molecule has 0 aliphatic carbocycles. The molecule has 0 aliphatic heterocycles. The Morgan fingerprint density at radius 1 is 1.55 bits per heavy atom. The van der Waals surface area contributed by atoms with E-state index < -0.39 is 5.60 Å². The van der Waals surface area contributed by atoms with Gasteiger partial charge in [0.25, 0.3) is 0 Å². The number of aromatic nitrogens is 1. The molecule has 0 amide bonds. The van der Waals surface area contributed by atoms with Crippen LogP contribution in [-0.2, 0) is 5.60 Å². The SMILES string of the molecule is CC(C)(O)c1ccnc(Cl)c1. The van der Waals surface area contributed by atoms with Crippen molar-refractivity contribution in [2.45, 2.75) is 19.4 Å². The molecule has 0 spiro atoms. The summed E-state index contributed by atoms with van der Waals surface area (Å²) in [4.78, 5) is 3.81. The molecule has 3 heteroatoms. The van der Waals surface area contributed by atoms with Gasteiger partial charge in [-0.2, -0.15) is 0 Å². The monoisotopic (exact) mass is 171 g/mol. The van der Waals surface area contributed by atoms with Gasteiger partial charge in [0.1, 0.15) is 5.15 Å². The van der Waals surface area contributed by atoms with E-state index in [1.807, 2.05) is 0 Å². The van der Waals surface area contributed by atoms with Crippen LogP contribution >= 0.6 is 11.6 Å². The van der Waals surface area contributed by atoms with Gasteiger partial charge >= 0.3 is 0 Å². The van der Waals surface area contributed by atoms with Crippen molar-refractivity contribution < 1.29 is 5.11 Å². The summed E-state index contributed by atoms with van der Waals surface area (Å²) in [5, 5.41) is 9.93. The number of nitrogens with zero attached hydrogens (tertiary/aromatic N) is 1. The summed E-state index contributed by atoms with van der Waals surface area (Å²) in [6, 6.07) is 3.40. The summed E-state index contributed by atoms with van der Waals surface area (Å²) in [5.74, 6) is 0. The number of aliphatic hydroxyl groups is 1. The van der Waals surface area contributed by atoms with E-state index in [2.05, 4.69) is 4.98 Å². The van der Waals surface area contributed by atoms with Crippen molar-refractivity contribution in [3.63, 3.8) is 0 Å². The second kappa shape index (κ2) is 2.80. The summed E-state index contributed by atoms with van der Waals surface area (Å²) in [6.07, 6.45) is 1.58. The molecular weight excluding hydrogens is 162 g/mol. The highest BCUT2D eigenvalue weighted by Crippen LogP contribution is 2.20. The van der Waals surface area contributed by atoms with Crippen LogP contribution in [0.2, 0.25) is 5.15 Å². The van der Waals surface area contributed by atoms with Crippen molar-refractivity contribution >= 4 is 11.6 Å². The third-order valence-electron chi connectivity index (χ3n) is 1.43. The van der Waals surface area contributed by atoms with Gasteiger partial charge in [-0.15, -0.1) is 0 Å². The number of rotatable bonds is 1. The zero-order valence-corrected chi connectivity index (χ0v) is 7.26. The Morgan fingerprint density at radius 3 is 2.55 bits per heavy atom. The van der Waals surface area contributed by atoms with Crippen LogP contribution in [0.15, 0.2) is 18.3 Å². The lowest BCUT2D eigenvalue weighted by atomic mass is 10.0. The first-order valence-corrected chi connectivity index (χ1v) is 3.72. The summed E-state index contributed by atoms with van der Waals surface area (Å²) in [5.41, 5.74) is -0.0652. The van der Waals surface area contributed by atoms with Crippen LogP contribution in [0.3, 0.4) is 0 Å². The third kappa shape index (κ3) is 2.17. The molecular formula is C8H10ClNO. The molecule has 1 aromatic heterocycles. The molecule has 0 unspecified atom stereocenters. The molecule has 0 bridgehead atoms. The van der Waals surface area contributed by atoms with E-state index in [0.29, 0.717) is 5.15 Å². The minimum absolute atomic E-state index is 0.407. The quantitative estimate of drug-likeness (QED) is 0.656. The molecule has 1 rings (SSSR count). The highest BCUT2D eigenvalue weighted by Gasteiger charge is 2.15. The van der Waals surface area contributed by atoms with Gasteiger partial charge in [-0.3, -0.25) is 0 Å². The Hall–Kier alpha value is -0.600. The Balaban J connectivity index is 3.06. The maximum atomic E-state index is 9.53. The first-order chi connectivity index (χ1) is 5.00. The highest BCUT2D eigenvalue weighted by molar-refractivity contribution is 6.29. The zero-order valence-electron chi connectivity index (χ0n) is 6.50. The molecule has 0 atom stereocenters. The van der Waals surface area contributed by atoms with Crippen molar-refractivity contribution in [2.75, 3.05) is 0 Å². The Morgan fingerprint density at radius 2 is 2.18 bits per heavy atom. The van der Waals surface area contributed by atoms with Gasteiger partial charge in [0.2, 0.25) is 0 Å². The number of hydrogen-bond donors (Lipinski definition) is 1. The van der Waals surface area contributed by atoms with Crippen LogP contribution in [0.25, 0.3) is 0 Å². The van der Waals surface area contributed by atoms with Crippen LogP contribution in [0.1, 0.15) is 19.4 Å². The van der Waals surface area contributed by atoms with Crippen molar-refractivity contribution in [2.24, 2.45) is 0 Å². The van der Waals surface area contributed by atoms with Crippen LogP contribution < -0.4 is 0 Å². The van der Waals surface area contributed by atoms with Crippen LogP contribution in [0, 0.1) is 0 Å². The van der Waals surface area contributed by atoms with Crippen LogP contribution in [-0.4, -0.2) is 10.1 Å². The van der Waals surface area contributed by atoms with E-state index in [1.165, 1.54) is 0 Å². The van der Waals surface area contributed by atoms with E-state index in [0.717, 1.165) is 5.56 Å². The fourth-order valence-corrected chi connectivity index (χ4v) is 0.957. The molecule has 1 aromatic rings. The molecule has 0 aliphatic rings. The molecule has 0 saturated carbocycles. The molecule has 0 fully saturated rings. The van der Waals surface area contributed by atoms with Gasteiger partial charge in [-0.1, -0.05) is 11.6 Å². The van der Waals surface area contributed by atoms with E-state index in [9.17, 15) is 5.11 Å². The lowest BCUT2D eigenvalue weighted by Crippen LogP contribution is -2.15. The molecule has 11 heavy (non-hydrogen) atoms. The minimum atomic E-state index is -0.841. The highest BCUT2D eigenvalue weighted by atomic mass is 35.5. The second-order valence-electron chi connectivity index (χ2n) is 2.93. The fraction of sp³-hybridized carbons (Fsp3) is 0.375. The van der Waals surface area contributed by atoms with E-state index in [1.54, 1.807) is 32.2 Å².